The Hall–Kier alpha value is -4.01. The van der Waals surface area contributed by atoms with Gasteiger partial charge in [-0.25, -0.2) is 9.59 Å². The van der Waals surface area contributed by atoms with Gasteiger partial charge in [0.15, 0.2) is 23.8 Å². The predicted octanol–water partition coefficient (Wildman–Crippen LogP) is 6.23. The summed E-state index contributed by atoms with van der Waals surface area (Å²) in [5, 5.41) is 67.0. The Balaban J connectivity index is 1.61. The lowest BCUT2D eigenvalue weighted by Crippen LogP contribution is -2.59. The standard InChI is InChI=1S/C51H81N3O15/c1-13-16-37-31(7)40(66-42-25-38(47(35(11)64-42)68-49(52)61)65-41(56)19-21-50(20-14-2)53-54-50)26-51(62,69-37)34(10)45(59)33(9)46-36(55)18-15-17-27(3)22-29(5)43(57)32(8)44(58)30(6)23-28(4)24-39(63-12)48(60)67-46/h13,15-18,23-24,29-38,40,42-47,55,57-59,62H,14,19-22,25-26H2,1-12H3,(H2,52,61)/b16-13+,18-15+,27-17+,28-23+,39-24-/t29-,30-,31-,32+,33+,34+,35+,36+,37-,38+,40-,42-,43+,44-,45-,46-,47+,51-/m1/s1. The fourth-order valence-corrected chi connectivity index (χ4v) is 9.87. The van der Waals surface area contributed by atoms with Gasteiger partial charge in [-0.2, -0.15) is 10.2 Å². The first-order chi connectivity index (χ1) is 32.4. The second-order valence-electron chi connectivity index (χ2n) is 20.0. The molecule has 4 aliphatic rings. The van der Waals surface area contributed by atoms with Crippen LogP contribution < -0.4 is 5.73 Å². The van der Waals surface area contributed by atoms with Gasteiger partial charge in [-0.05, 0) is 52.5 Å². The number of aliphatic hydroxyl groups excluding tert-OH is 4. The van der Waals surface area contributed by atoms with Gasteiger partial charge >= 0.3 is 18.0 Å². The highest BCUT2D eigenvalue weighted by molar-refractivity contribution is 5.87. The van der Waals surface area contributed by atoms with Crippen LogP contribution in [0.5, 0.6) is 0 Å². The number of aliphatic hydroxyl groups is 5. The molecule has 69 heavy (non-hydrogen) atoms. The molecule has 390 valence electrons. The first kappa shape index (κ1) is 57.6. The van der Waals surface area contributed by atoms with E-state index in [1.807, 2.05) is 34.6 Å². The number of ether oxygens (including phenoxy) is 7. The second-order valence-corrected chi connectivity index (χ2v) is 20.0. The number of amides is 1. The molecule has 0 spiro atoms. The predicted molar refractivity (Wildman–Crippen MR) is 254 cm³/mol. The number of allylic oxidation sites excluding steroid dienone is 6. The Labute approximate surface area is 408 Å². The minimum atomic E-state index is -2.06. The van der Waals surface area contributed by atoms with Crippen LogP contribution in [0.4, 0.5) is 4.79 Å². The highest BCUT2D eigenvalue weighted by Crippen LogP contribution is 2.43. The molecule has 0 bridgehead atoms. The SMILES string of the molecule is C/C=C/[C@H]1O[C@@](O)([C@@H](C)[C@H](O)[C@H](C)[C@H]2OC(=O)/C(OC)=C/C(C)=C/[C@@H](C)[C@@H](O)[C@@H](C)[C@@H](O)[C@H](C)C/C(C)=C/C=C/[C@@H]2O)C[C@@H](O[C@@H]2C[C@H](OC(=O)CCC3(CCC)N=N3)[C@@H](OC(N)=O)[C@H](C)O2)[C@@H]1C. The lowest BCUT2D eigenvalue weighted by atomic mass is 9.77. The molecule has 18 atom stereocenters. The van der Waals surface area contributed by atoms with Crippen LogP contribution >= 0.6 is 0 Å². The van der Waals surface area contributed by atoms with E-state index in [0.29, 0.717) is 24.8 Å². The van der Waals surface area contributed by atoms with Crippen molar-refractivity contribution < 1.29 is 73.1 Å². The third-order valence-corrected chi connectivity index (χ3v) is 14.3. The molecule has 0 aromatic carbocycles. The van der Waals surface area contributed by atoms with Crippen molar-refractivity contribution in [1.29, 1.82) is 0 Å². The van der Waals surface area contributed by atoms with E-state index in [-0.39, 0.29) is 36.9 Å². The summed E-state index contributed by atoms with van der Waals surface area (Å²) >= 11 is 0. The van der Waals surface area contributed by atoms with E-state index in [1.54, 1.807) is 71.9 Å². The van der Waals surface area contributed by atoms with Crippen LogP contribution in [0.2, 0.25) is 0 Å². The topological polar surface area (TPSA) is 268 Å². The van der Waals surface area contributed by atoms with Crippen LogP contribution in [0.1, 0.15) is 121 Å². The highest BCUT2D eigenvalue weighted by Gasteiger charge is 2.53. The van der Waals surface area contributed by atoms with Crippen LogP contribution in [0.3, 0.4) is 0 Å². The molecule has 4 heterocycles. The maximum atomic E-state index is 13.9. The Morgan fingerprint density at radius 3 is 2.30 bits per heavy atom. The number of nitrogens with two attached hydrogens (primary N) is 1. The van der Waals surface area contributed by atoms with Gasteiger partial charge < -0.3 is 64.4 Å². The third kappa shape index (κ3) is 15.5. The number of carbonyl (C=O) groups is 3. The van der Waals surface area contributed by atoms with Crippen molar-refractivity contribution in [3.63, 3.8) is 0 Å². The normalized spacial score (nSPS) is 39.9. The number of methoxy groups -OCH3 is 1. The number of esters is 2. The average Bonchev–Trinajstić information content (AvgIpc) is 4.06. The van der Waals surface area contributed by atoms with Gasteiger partial charge in [0.05, 0.1) is 43.7 Å². The van der Waals surface area contributed by atoms with Gasteiger partial charge in [0, 0.05) is 55.3 Å². The summed E-state index contributed by atoms with van der Waals surface area (Å²) in [6.07, 6.45) is 1.37. The second kappa shape index (κ2) is 25.4. The maximum absolute atomic E-state index is 13.9. The van der Waals surface area contributed by atoms with Crippen LogP contribution in [0, 0.1) is 35.5 Å². The van der Waals surface area contributed by atoms with Crippen LogP contribution in [-0.4, -0.2) is 129 Å². The fourth-order valence-electron chi connectivity index (χ4n) is 9.87. The molecular weight excluding hydrogens is 895 g/mol. The summed E-state index contributed by atoms with van der Waals surface area (Å²) in [7, 11) is 1.30. The van der Waals surface area contributed by atoms with Gasteiger partial charge in [-0.15, -0.1) is 0 Å². The summed E-state index contributed by atoms with van der Waals surface area (Å²) < 4.78 is 41.9. The molecule has 0 radical (unpaired) electrons. The Morgan fingerprint density at radius 1 is 1.01 bits per heavy atom. The molecular formula is C51H81N3O15. The molecule has 18 nitrogen and oxygen atoms in total. The molecule has 2 saturated heterocycles. The molecule has 4 aliphatic heterocycles. The molecule has 1 amide bonds. The lowest BCUT2D eigenvalue weighted by Gasteiger charge is -2.50. The molecule has 7 N–H and O–H groups in total. The van der Waals surface area contributed by atoms with E-state index < -0.39 is 120 Å². The summed E-state index contributed by atoms with van der Waals surface area (Å²) in [4.78, 5) is 39.0. The molecule has 18 heteroatoms. The monoisotopic (exact) mass is 976 g/mol. The number of carbonyl (C=O) groups excluding carboxylic acids is 3. The highest BCUT2D eigenvalue weighted by atomic mass is 16.7. The minimum Gasteiger partial charge on any atom is -0.490 e. The van der Waals surface area contributed by atoms with Crippen molar-refractivity contribution in [2.45, 2.75) is 200 Å². The number of primary amides is 1. The van der Waals surface area contributed by atoms with Crippen molar-refractivity contribution in [2.75, 3.05) is 7.11 Å². The molecule has 0 aromatic rings. The van der Waals surface area contributed by atoms with E-state index in [2.05, 4.69) is 10.2 Å². The summed E-state index contributed by atoms with van der Waals surface area (Å²) in [5.41, 5.74) is 6.29. The molecule has 0 saturated carbocycles. The quantitative estimate of drug-likeness (QED) is 0.0603. The van der Waals surface area contributed by atoms with E-state index in [1.165, 1.54) is 19.3 Å². The lowest BCUT2D eigenvalue weighted by molar-refractivity contribution is -0.339. The van der Waals surface area contributed by atoms with Gasteiger partial charge in [-0.3, -0.25) is 4.79 Å². The van der Waals surface area contributed by atoms with Crippen LogP contribution in [0.15, 0.2) is 69.7 Å². The Kier molecular flexibility index (Phi) is 21.2. The summed E-state index contributed by atoms with van der Waals surface area (Å²) in [5.74, 6) is -7.32. The van der Waals surface area contributed by atoms with Crippen molar-refractivity contribution in [3.8, 4) is 0 Å². The smallest absolute Gasteiger partial charge is 0.404 e. The maximum Gasteiger partial charge on any atom is 0.404 e. The van der Waals surface area contributed by atoms with E-state index in [0.717, 1.165) is 12.0 Å². The largest absolute Gasteiger partial charge is 0.490 e. The van der Waals surface area contributed by atoms with Crippen molar-refractivity contribution in [1.82, 2.24) is 0 Å². The summed E-state index contributed by atoms with van der Waals surface area (Å²) in [6.45, 7) is 19.6. The van der Waals surface area contributed by atoms with Crippen LogP contribution in [-0.2, 0) is 42.7 Å². The number of rotatable bonds is 15. The first-order valence-corrected chi connectivity index (χ1v) is 24.5. The van der Waals surface area contributed by atoms with Crippen molar-refractivity contribution in [2.24, 2.45) is 51.5 Å². The molecule has 4 rings (SSSR count). The Bertz CT molecular complexity index is 1910. The van der Waals surface area contributed by atoms with Gasteiger partial charge in [0.25, 0.3) is 0 Å². The van der Waals surface area contributed by atoms with Gasteiger partial charge in [-0.1, -0.05) is 102 Å². The molecule has 0 unspecified atom stereocenters. The summed E-state index contributed by atoms with van der Waals surface area (Å²) in [6, 6.07) is 0. The number of hydrogen-bond donors (Lipinski definition) is 6. The van der Waals surface area contributed by atoms with Crippen molar-refractivity contribution >= 4 is 18.0 Å². The molecule has 0 aliphatic carbocycles. The zero-order chi connectivity index (χ0) is 51.5. The fraction of sp³-hybridized carbons (Fsp3) is 0.745. The average molecular weight is 976 g/mol. The number of nitrogens with zero attached hydrogens (tertiary/aromatic N) is 2. The zero-order valence-electron chi connectivity index (χ0n) is 42.6. The van der Waals surface area contributed by atoms with Gasteiger partial charge in [0.1, 0.15) is 18.3 Å². The zero-order valence-corrected chi connectivity index (χ0v) is 42.6. The number of hydrogen-bond acceptors (Lipinski definition) is 17. The first-order valence-electron chi connectivity index (χ1n) is 24.5. The van der Waals surface area contributed by atoms with E-state index in [4.69, 9.17) is 38.9 Å². The van der Waals surface area contributed by atoms with E-state index in [9.17, 15) is 39.9 Å². The number of cyclic esters (lactones) is 1. The van der Waals surface area contributed by atoms with Gasteiger partial charge in [0.2, 0.25) is 5.76 Å². The minimum absolute atomic E-state index is 0.0300. The van der Waals surface area contributed by atoms with E-state index >= 15 is 0 Å². The molecule has 2 fully saturated rings. The third-order valence-electron chi connectivity index (χ3n) is 14.3. The Morgan fingerprint density at radius 2 is 1.70 bits per heavy atom. The van der Waals surface area contributed by atoms with Crippen LogP contribution in [0.25, 0.3) is 0 Å². The van der Waals surface area contributed by atoms with Crippen molar-refractivity contribution in [3.05, 3.63) is 59.4 Å². The molecule has 0 aromatic heterocycles.